The van der Waals surface area contributed by atoms with E-state index in [4.69, 9.17) is 5.11 Å². The number of carboxylic acid groups (broad SMARTS) is 1. The molecule has 2 aromatic carbocycles. The number of anilines is 1. The van der Waals surface area contributed by atoms with Gasteiger partial charge in [-0.2, -0.15) is 21.4 Å². The number of nitrogens with zero attached hydrogens (tertiary/aromatic N) is 2. The molecule has 12 heteroatoms. The van der Waals surface area contributed by atoms with E-state index in [9.17, 15) is 30.7 Å². The Kier molecular flexibility index (Phi) is 12.3. The summed E-state index contributed by atoms with van der Waals surface area (Å²) in [6.07, 6.45) is 27.8. The number of fused-ring (bicyclic) bond motifs is 2. The van der Waals surface area contributed by atoms with Crippen LogP contribution in [-0.4, -0.2) is 60.4 Å². The highest BCUT2D eigenvalue weighted by Crippen LogP contribution is 2.48. The fourth-order valence-electron chi connectivity index (χ4n) is 7.41. The monoisotopic (exact) mass is 773 g/mol. The minimum absolute atomic E-state index is 0.0996. The summed E-state index contributed by atoms with van der Waals surface area (Å²) in [5.74, 6) is -0.830. The van der Waals surface area contributed by atoms with Gasteiger partial charge in [-0.15, -0.1) is 0 Å². The van der Waals surface area contributed by atoms with Crippen LogP contribution in [0.4, 0.5) is 11.4 Å². The molecule has 286 valence electrons. The van der Waals surface area contributed by atoms with Crippen molar-refractivity contribution in [2.45, 2.75) is 86.8 Å². The van der Waals surface area contributed by atoms with Gasteiger partial charge in [0.15, 0.2) is 5.71 Å². The molecule has 3 aliphatic rings. The third-order valence-corrected chi connectivity index (χ3v) is 11.9. The van der Waals surface area contributed by atoms with Crippen LogP contribution in [0.2, 0.25) is 0 Å². The molecule has 0 unspecified atom stereocenters. The highest BCUT2D eigenvalue weighted by molar-refractivity contribution is 7.86. The number of hydrogen-bond acceptors (Lipinski definition) is 6. The lowest BCUT2D eigenvalue weighted by molar-refractivity contribution is -0.438. The Balaban J connectivity index is 1.45. The summed E-state index contributed by atoms with van der Waals surface area (Å²) in [5, 5.41) is 9.05. The van der Waals surface area contributed by atoms with E-state index in [1.54, 1.807) is 18.2 Å². The Bertz CT molecular complexity index is 2270. The van der Waals surface area contributed by atoms with E-state index in [1.165, 1.54) is 23.8 Å². The molecule has 3 N–H and O–H groups in total. The lowest BCUT2D eigenvalue weighted by Crippen LogP contribution is -2.28. The van der Waals surface area contributed by atoms with Gasteiger partial charge in [0.25, 0.3) is 20.2 Å². The maximum Gasteiger partial charge on any atom is 0.303 e. The fourth-order valence-corrected chi connectivity index (χ4v) is 8.42. The highest BCUT2D eigenvalue weighted by Gasteiger charge is 2.45. The van der Waals surface area contributed by atoms with E-state index in [1.807, 2.05) is 88.5 Å². The number of carbonyl (C=O) groups is 1. The van der Waals surface area contributed by atoms with Crippen molar-refractivity contribution < 1.29 is 40.4 Å². The van der Waals surface area contributed by atoms with Crippen LogP contribution in [0.3, 0.4) is 0 Å². The number of aliphatic carboxylic acids is 1. The number of allylic oxidation sites excluding steroid dienone is 14. The van der Waals surface area contributed by atoms with E-state index in [0.717, 1.165) is 59.6 Å². The molecule has 2 aliphatic heterocycles. The molecule has 0 amide bonds. The van der Waals surface area contributed by atoms with Crippen molar-refractivity contribution in [3.05, 3.63) is 132 Å². The molecule has 0 spiro atoms. The second kappa shape index (κ2) is 16.4. The van der Waals surface area contributed by atoms with Gasteiger partial charge in [0.2, 0.25) is 5.69 Å². The summed E-state index contributed by atoms with van der Waals surface area (Å²) in [7, 11) is -8.81. The Hall–Kier alpha value is -4.62. The van der Waals surface area contributed by atoms with Crippen LogP contribution in [0.15, 0.2) is 130 Å². The molecule has 0 saturated heterocycles. The van der Waals surface area contributed by atoms with Crippen LogP contribution in [0.5, 0.6) is 0 Å². The van der Waals surface area contributed by atoms with E-state index >= 15 is 0 Å². The minimum atomic E-state index is -4.41. The predicted molar refractivity (Wildman–Crippen MR) is 213 cm³/mol. The van der Waals surface area contributed by atoms with Crippen LogP contribution in [-0.2, 0) is 35.9 Å². The quantitative estimate of drug-likeness (QED) is 0.0702. The van der Waals surface area contributed by atoms with Crippen LogP contribution in [0.1, 0.15) is 77.3 Å². The zero-order chi connectivity index (χ0) is 39.3. The molecule has 10 nitrogen and oxygen atoms in total. The van der Waals surface area contributed by atoms with Crippen molar-refractivity contribution in [3.8, 4) is 0 Å². The van der Waals surface area contributed by atoms with Crippen molar-refractivity contribution in [2.75, 3.05) is 18.0 Å². The Morgan fingerprint density at radius 2 is 1.44 bits per heavy atom. The lowest BCUT2D eigenvalue weighted by atomic mass is 9.81. The molecule has 0 atom stereocenters. The number of unbranched alkanes of at least 4 members (excludes halogenated alkanes) is 2. The number of carboxylic acids is 1. The molecule has 2 aromatic rings. The molecule has 0 aromatic heterocycles. The molecule has 54 heavy (non-hydrogen) atoms. The molecule has 0 radical (unpaired) electrons. The third kappa shape index (κ3) is 9.18. The first-order valence-electron chi connectivity index (χ1n) is 18.1. The fraction of sp³-hybridized carbons (Fsp3) is 0.333. The summed E-state index contributed by atoms with van der Waals surface area (Å²) >= 11 is 0. The topological polar surface area (TPSA) is 152 Å². The maximum absolute atomic E-state index is 12.1. The second-order valence-electron chi connectivity index (χ2n) is 14.7. The van der Waals surface area contributed by atoms with Gasteiger partial charge in [0, 0.05) is 53.9 Å². The SMILES string of the molecule is CC1(C)C(/C=C/C=C/C=C2/N(CCCCCC(=O)O)c3ccc(S(=O)(=O)O)cc3C2(C)C)=[N+](CCCC2=C/C=C\C=C/C=C2)c2ccc(S(=O)(=O)O)cc21. The lowest BCUT2D eigenvalue weighted by Gasteiger charge is -2.27. The summed E-state index contributed by atoms with van der Waals surface area (Å²) in [6, 6.07) is 9.37. The van der Waals surface area contributed by atoms with Crippen molar-refractivity contribution in [2.24, 2.45) is 0 Å². The van der Waals surface area contributed by atoms with Crippen LogP contribution in [0, 0.1) is 0 Å². The van der Waals surface area contributed by atoms with Crippen molar-refractivity contribution in [3.63, 3.8) is 0 Å². The largest absolute Gasteiger partial charge is 0.481 e. The minimum Gasteiger partial charge on any atom is -0.481 e. The average molecular weight is 774 g/mol. The van der Waals surface area contributed by atoms with Gasteiger partial charge in [-0.1, -0.05) is 81.0 Å². The zero-order valence-electron chi connectivity index (χ0n) is 31.1. The summed E-state index contributed by atoms with van der Waals surface area (Å²) < 4.78 is 70.0. The Morgan fingerprint density at radius 3 is 2.15 bits per heavy atom. The van der Waals surface area contributed by atoms with E-state index in [2.05, 4.69) is 21.6 Å². The molecule has 0 bridgehead atoms. The Morgan fingerprint density at radius 1 is 0.778 bits per heavy atom. The highest BCUT2D eigenvalue weighted by atomic mass is 32.2. The zero-order valence-corrected chi connectivity index (χ0v) is 32.8. The predicted octanol–water partition coefficient (Wildman–Crippen LogP) is 8.38. The molecular weight excluding hydrogens is 725 g/mol. The summed E-state index contributed by atoms with van der Waals surface area (Å²) in [6.45, 7) is 9.36. The van der Waals surface area contributed by atoms with Crippen molar-refractivity contribution >= 4 is 43.3 Å². The van der Waals surface area contributed by atoms with Gasteiger partial charge < -0.3 is 10.0 Å². The smallest absolute Gasteiger partial charge is 0.303 e. The van der Waals surface area contributed by atoms with Crippen LogP contribution in [0.25, 0.3) is 0 Å². The average Bonchev–Trinajstić information content (AvgIpc) is 3.42. The standard InChI is InChI=1S/C42H48N2O8S2/c1-41(2)34-29-32(53(47,48)49)23-25-36(34)43(27-15-9-14-22-40(45)46)38(41)20-12-8-13-21-39-42(3,4)35-30-33(54(50,51)52)24-26-37(35)44(39)28-16-19-31-17-10-6-5-7-11-18-31/h5-8,10-13,17-18,20-21,23-26,29-30H,9,14-16,19,22,27-28H2,1-4H3,(H2-,45,46,47,48,49,50,51,52)/p+1/b6-5-,7-5?,10-6?,11-7-,17-10?,18-11?,31-17?,31-18?. The molecule has 0 fully saturated rings. The molecular formula is C42H49N2O8S2+. The first kappa shape index (κ1) is 40.6. The van der Waals surface area contributed by atoms with Gasteiger partial charge in [0.05, 0.1) is 15.2 Å². The first-order chi connectivity index (χ1) is 25.4. The van der Waals surface area contributed by atoms with Crippen molar-refractivity contribution in [1.82, 2.24) is 0 Å². The number of benzene rings is 2. The van der Waals surface area contributed by atoms with Gasteiger partial charge in [-0.25, -0.2) is 0 Å². The number of rotatable bonds is 15. The Labute approximate surface area is 319 Å². The molecule has 5 rings (SSSR count). The molecule has 0 saturated carbocycles. The van der Waals surface area contributed by atoms with Gasteiger partial charge >= 0.3 is 5.97 Å². The normalized spacial score (nSPS) is 19.6. The summed E-state index contributed by atoms with van der Waals surface area (Å²) in [4.78, 5) is 12.8. The first-order valence-corrected chi connectivity index (χ1v) is 20.9. The van der Waals surface area contributed by atoms with Gasteiger partial charge in [-0.05, 0) is 80.7 Å². The van der Waals surface area contributed by atoms with E-state index in [0.29, 0.717) is 19.5 Å². The molecule has 1 aliphatic carbocycles. The van der Waals surface area contributed by atoms with Crippen molar-refractivity contribution in [1.29, 1.82) is 0 Å². The van der Waals surface area contributed by atoms with Crippen LogP contribution >= 0.6 is 0 Å². The van der Waals surface area contributed by atoms with E-state index in [-0.39, 0.29) is 16.2 Å². The van der Waals surface area contributed by atoms with Gasteiger partial charge in [-0.3, -0.25) is 13.9 Å². The van der Waals surface area contributed by atoms with Crippen LogP contribution < -0.4 is 4.90 Å². The van der Waals surface area contributed by atoms with Gasteiger partial charge in [0.1, 0.15) is 6.54 Å². The number of hydrogen-bond donors (Lipinski definition) is 3. The maximum atomic E-state index is 12.1. The second-order valence-corrected chi connectivity index (χ2v) is 17.6. The summed E-state index contributed by atoms with van der Waals surface area (Å²) in [5.41, 5.74) is 5.19. The van der Waals surface area contributed by atoms with E-state index < -0.39 is 37.0 Å². The molecule has 2 heterocycles. The third-order valence-electron chi connectivity index (χ3n) is 10.2.